The van der Waals surface area contributed by atoms with Gasteiger partial charge in [0.2, 0.25) is 5.88 Å². The number of aromatic nitrogens is 1. The van der Waals surface area contributed by atoms with Gasteiger partial charge in [-0.1, -0.05) is 0 Å². The van der Waals surface area contributed by atoms with E-state index in [-0.39, 0.29) is 15.7 Å². The molecule has 0 fully saturated rings. The van der Waals surface area contributed by atoms with Crippen LogP contribution in [-0.4, -0.2) is 11.3 Å². The van der Waals surface area contributed by atoms with Crippen LogP contribution in [0.15, 0.2) is 10.5 Å². The van der Waals surface area contributed by atoms with Crippen LogP contribution in [0.4, 0.5) is 13.2 Å². The molecule has 0 saturated heterocycles. The molecule has 0 unspecified atom stereocenters. The molecular formula is C8H4BrF3N2O. The third-order valence-corrected chi connectivity index (χ3v) is 2.09. The number of alkyl halides is 3. The zero-order valence-electron chi connectivity index (χ0n) is 7.39. The Morgan fingerprint density at radius 1 is 1.53 bits per heavy atom. The number of hydrogen-bond donors (Lipinski definition) is 0. The van der Waals surface area contributed by atoms with E-state index in [1.807, 2.05) is 6.07 Å². The van der Waals surface area contributed by atoms with Crippen molar-refractivity contribution in [2.45, 2.75) is 13.3 Å². The molecule has 0 aliphatic carbocycles. The van der Waals surface area contributed by atoms with Gasteiger partial charge in [0.15, 0.2) is 0 Å². The second-order valence-electron chi connectivity index (χ2n) is 2.56. The van der Waals surface area contributed by atoms with Crippen LogP contribution in [0.2, 0.25) is 0 Å². The molecule has 0 spiro atoms. The van der Waals surface area contributed by atoms with Crippen molar-refractivity contribution >= 4 is 15.9 Å². The van der Waals surface area contributed by atoms with E-state index in [4.69, 9.17) is 5.26 Å². The van der Waals surface area contributed by atoms with E-state index in [0.717, 1.165) is 6.07 Å². The molecule has 0 atom stereocenters. The maximum absolute atomic E-state index is 11.8. The standard InChI is InChI=1S/C8H4BrF3N2O/c1-4-5(3-13)6(9)2-7(14-4)15-8(10,11)12/h2H,1H3. The Bertz CT molecular complexity index is 402. The first-order valence-electron chi connectivity index (χ1n) is 3.66. The second kappa shape index (κ2) is 4.06. The summed E-state index contributed by atoms with van der Waals surface area (Å²) in [5.74, 6) is -0.592. The van der Waals surface area contributed by atoms with Gasteiger partial charge < -0.3 is 4.74 Å². The monoisotopic (exact) mass is 280 g/mol. The molecule has 1 aromatic heterocycles. The van der Waals surface area contributed by atoms with Crippen LogP contribution >= 0.6 is 15.9 Å². The van der Waals surface area contributed by atoms with Crippen LogP contribution in [-0.2, 0) is 0 Å². The molecule has 0 aliphatic heterocycles. The topological polar surface area (TPSA) is 45.9 Å². The van der Waals surface area contributed by atoms with Crippen molar-refractivity contribution in [1.82, 2.24) is 4.98 Å². The van der Waals surface area contributed by atoms with E-state index in [9.17, 15) is 13.2 Å². The highest BCUT2D eigenvalue weighted by molar-refractivity contribution is 9.10. The molecule has 0 amide bonds. The first-order chi connectivity index (χ1) is 6.83. The SMILES string of the molecule is Cc1nc(OC(F)(F)F)cc(Br)c1C#N. The van der Waals surface area contributed by atoms with Crippen LogP contribution in [0.1, 0.15) is 11.3 Å². The van der Waals surface area contributed by atoms with Crippen molar-refractivity contribution in [3.63, 3.8) is 0 Å². The molecule has 15 heavy (non-hydrogen) atoms. The summed E-state index contributed by atoms with van der Waals surface area (Å²) in [4.78, 5) is 3.50. The fourth-order valence-electron chi connectivity index (χ4n) is 0.912. The quantitative estimate of drug-likeness (QED) is 0.795. The minimum atomic E-state index is -4.78. The molecule has 0 saturated carbocycles. The van der Waals surface area contributed by atoms with Crippen molar-refractivity contribution in [2.24, 2.45) is 0 Å². The van der Waals surface area contributed by atoms with Gasteiger partial charge in [-0.25, -0.2) is 4.98 Å². The first kappa shape index (κ1) is 11.8. The van der Waals surface area contributed by atoms with Gasteiger partial charge >= 0.3 is 6.36 Å². The predicted octanol–water partition coefficient (Wildman–Crippen LogP) is 2.92. The average Bonchev–Trinajstić information content (AvgIpc) is 1.99. The molecule has 1 aromatic rings. The Hall–Kier alpha value is -1.29. The second-order valence-corrected chi connectivity index (χ2v) is 3.42. The lowest BCUT2D eigenvalue weighted by Gasteiger charge is -2.09. The molecule has 1 rings (SSSR count). The molecule has 0 aliphatic rings. The highest BCUT2D eigenvalue weighted by Crippen LogP contribution is 2.27. The zero-order valence-corrected chi connectivity index (χ0v) is 8.98. The fraction of sp³-hybridized carbons (Fsp3) is 0.250. The largest absolute Gasteiger partial charge is 0.574 e. The van der Waals surface area contributed by atoms with E-state index in [2.05, 4.69) is 25.7 Å². The van der Waals surface area contributed by atoms with Crippen molar-refractivity contribution in [3.8, 4) is 11.9 Å². The number of halogens is 4. The molecule has 7 heteroatoms. The van der Waals surface area contributed by atoms with Gasteiger partial charge in [-0.3, -0.25) is 0 Å². The van der Waals surface area contributed by atoms with Crippen molar-refractivity contribution in [2.75, 3.05) is 0 Å². The Balaban J connectivity index is 3.11. The molecule has 3 nitrogen and oxygen atoms in total. The minimum absolute atomic E-state index is 0.172. The highest BCUT2D eigenvalue weighted by Gasteiger charge is 2.32. The molecule has 0 N–H and O–H groups in total. The predicted molar refractivity (Wildman–Crippen MR) is 48.1 cm³/mol. The van der Waals surface area contributed by atoms with Crippen molar-refractivity contribution in [3.05, 3.63) is 21.8 Å². The number of nitriles is 1. The lowest BCUT2D eigenvalue weighted by molar-refractivity contribution is -0.276. The molecule has 0 bridgehead atoms. The van der Waals surface area contributed by atoms with Gasteiger partial charge in [-0.2, -0.15) is 5.26 Å². The van der Waals surface area contributed by atoms with Gasteiger partial charge in [-0.05, 0) is 22.9 Å². The van der Waals surface area contributed by atoms with Gasteiger partial charge in [0.25, 0.3) is 0 Å². The highest BCUT2D eigenvalue weighted by atomic mass is 79.9. The Kier molecular flexibility index (Phi) is 3.19. The average molecular weight is 281 g/mol. The lowest BCUT2D eigenvalue weighted by Crippen LogP contribution is -2.18. The van der Waals surface area contributed by atoms with Gasteiger partial charge in [0.05, 0.1) is 11.3 Å². The number of ether oxygens (including phenoxy) is 1. The summed E-state index contributed by atoms with van der Waals surface area (Å²) in [5.41, 5.74) is 0.357. The summed E-state index contributed by atoms with van der Waals surface area (Å²) >= 11 is 2.96. The maximum atomic E-state index is 11.8. The third kappa shape index (κ3) is 3.09. The van der Waals surface area contributed by atoms with Crippen molar-refractivity contribution < 1.29 is 17.9 Å². The fourth-order valence-corrected chi connectivity index (χ4v) is 1.48. The summed E-state index contributed by atoms with van der Waals surface area (Å²) in [6, 6.07) is 2.81. The number of aryl methyl sites for hydroxylation is 1. The van der Waals surface area contributed by atoms with Crippen LogP contribution in [0.25, 0.3) is 0 Å². The van der Waals surface area contributed by atoms with E-state index in [1.165, 1.54) is 6.92 Å². The van der Waals surface area contributed by atoms with E-state index < -0.39 is 12.2 Å². The molecule has 0 radical (unpaired) electrons. The van der Waals surface area contributed by atoms with Crippen LogP contribution in [0.3, 0.4) is 0 Å². The third-order valence-electron chi connectivity index (χ3n) is 1.46. The summed E-state index contributed by atoms with van der Waals surface area (Å²) in [7, 11) is 0. The Morgan fingerprint density at radius 3 is 2.53 bits per heavy atom. The van der Waals surface area contributed by atoms with Crippen LogP contribution in [0.5, 0.6) is 5.88 Å². The van der Waals surface area contributed by atoms with Crippen molar-refractivity contribution in [1.29, 1.82) is 5.26 Å². The van der Waals surface area contributed by atoms with Gasteiger partial charge in [-0.15, -0.1) is 13.2 Å². The first-order valence-corrected chi connectivity index (χ1v) is 4.46. The lowest BCUT2D eigenvalue weighted by atomic mass is 10.2. The van der Waals surface area contributed by atoms with Crippen LogP contribution < -0.4 is 4.74 Å². The molecular weight excluding hydrogens is 277 g/mol. The van der Waals surface area contributed by atoms with Gasteiger partial charge in [0, 0.05) is 10.5 Å². The Morgan fingerprint density at radius 2 is 2.13 bits per heavy atom. The van der Waals surface area contributed by atoms with Crippen LogP contribution in [0, 0.1) is 18.3 Å². The number of rotatable bonds is 1. The summed E-state index contributed by atoms with van der Waals surface area (Å²) < 4.78 is 39.4. The van der Waals surface area contributed by atoms with Gasteiger partial charge in [0.1, 0.15) is 6.07 Å². The minimum Gasteiger partial charge on any atom is -0.388 e. The number of nitrogens with zero attached hydrogens (tertiary/aromatic N) is 2. The van der Waals surface area contributed by atoms with E-state index >= 15 is 0 Å². The maximum Gasteiger partial charge on any atom is 0.574 e. The summed E-state index contributed by atoms with van der Waals surface area (Å²) in [5, 5.41) is 8.64. The molecule has 1 heterocycles. The normalized spacial score (nSPS) is 10.9. The summed E-state index contributed by atoms with van der Waals surface area (Å²) in [6.07, 6.45) is -4.78. The smallest absolute Gasteiger partial charge is 0.388 e. The number of hydrogen-bond acceptors (Lipinski definition) is 3. The van der Waals surface area contributed by atoms with E-state index in [1.54, 1.807) is 0 Å². The Labute approximate surface area is 91.6 Å². The molecule has 0 aromatic carbocycles. The zero-order chi connectivity index (χ0) is 11.6. The van der Waals surface area contributed by atoms with E-state index in [0.29, 0.717) is 0 Å². The molecule has 80 valence electrons. The summed E-state index contributed by atoms with van der Waals surface area (Å²) in [6.45, 7) is 1.42. The number of pyridine rings is 1.